The van der Waals surface area contributed by atoms with E-state index >= 15 is 0 Å². The third kappa shape index (κ3) is 3.47. The van der Waals surface area contributed by atoms with Crippen LogP contribution in [-0.2, 0) is 4.79 Å². The van der Waals surface area contributed by atoms with Gasteiger partial charge in [0.05, 0.1) is 12.7 Å². The first kappa shape index (κ1) is 13.0. The molecular formula is C10H17N5O2. The smallest absolute Gasteiger partial charge is 0.259 e. The van der Waals surface area contributed by atoms with Gasteiger partial charge < -0.3 is 16.4 Å². The van der Waals surface area contributed by atoms with Crippen LogP contribution in [0.5, 0.6) is 0 Å². The number of amides is 2. The van der Waals surface area contributed by atoms with E-state index in [2.05, 4.69) is 10.2 Å². The summed E-state index contributed by atoms with van der Waals surface area (Å²) in [6, 6.07) is 0. The summed E-state index contributed by atoms with van der Waals surface area (Å²) in [4.78, 5) is 24.4. The van der Waals surface area contributed by atoms with Crippen LogP contribution in [0.4, 0.5) is 5.82 Å². The first-order chi connectivity index (χ1) is 7.91. The lowest BCUT2D eigenvalue weighted by Crippen LogP contribution is -2.40. The van der Waals surface area contributed by atoms with E-state index in [4.69, 9.17) is 11.5 Å². The maximum absolute atomic E-state index is 12.1. The zero-order chi connectivity index (χ0) is 13.0. The molecule has 7 heteroatoms. The van der Waals surface area contributed by atoms with Gasteiger partial charge in [0.1, 0.15) is 11.4 Å². The van der Waals surface area contributed by atoms with Crippen molar-refractivity contribution in [2.24, 2.45) is 11.7 Å². The molecule has 94 valence electrons. The van der Waals surface area contributed by atoms with Crippen LogP contribution < -0.4 is 11.5 Å². The van der Waals surface area contributed by atoms with Gasteiger partial charge in [0.25, 0.3) is 5.91 Å². The summed E-state index contributed by atoms with van der Waals surface area (Å²) in [5.41, 5.74) is 10.9. The molecule has 0 spiro atoms. The minimum absolute atomic E-state index is 0.123. The Kier molecular flexibility index (Phi) is 4.08. The summed E-state index contributed by atoms with van der Waals surface area (Å²) in [5.74, 6) is -0.482. The summed E-state index contributed by atoms with van der Waals surface area (Å²) < 4.78 is 0. The predicted molar refractivity (Wildman–Crippen MR) is 62.9 cm³/mol. The van der Waals surface area contributed by atoms with E-state index in [1.807, 2.05) is 13.8 Å². The van der Waals surface area contributed by atoms with E-state index in [0.29, 0.717) is 6.54 Å². The second kappa shape index (κ2) is 5.33. The molecule has 1 aromatic heterocycles. The lowest BCUT2D eigenvalue weighted by Gasteiger charge is -2.22. The first-order valence-electron chi connectivity index (χ1n) is 5.28. The molecule has 1 heterocycles. The van der Waals surface area contributed by atoms with Gasteiger partial charge in [-0.15, -0.1) is 0 Å². The van der Waals surface area contributed by atoms with Crippen LogP contribution in [0.2, 0.25) is 0 Å². The van der Waals surface area contributed by atoms with Gasteiger partial charge in [-0.25, -0.2) is 0 Å². The molecule has 0 bridgehead atoms. The number of nitrogens with one attached hydrogen (secondary N) is 1. The summed E-state index contributed by atoms with van der Waals surface area (Å²) in [6.45, 7) is 4.20. The molecule has 17 heavy (non-hydrogen) atoms. The zero-order valence-corrected chi connectivity index (χ0v) is 9.93. The second-order valence-corrected chi connectivity index (χ2v) is 4.24. The van der Waals surface area contributed by atoms with E-state index < -0.39 is 5.91 Å². The van der Waals surface area contributed by atoms with Crippen LogP contribution in [0.3, 0.4) is 0 Å². The third-order valence-electron chi connectivity index (χ3n) is 2.12. The summed E-state index contributed by atoms with van der Waals surface area (Å²) in [5, 5.41) is 6.14. The largest absolute Gasteiger partial charge is 0.383 e. The highest BCUT2D eigenvalue weighted by Crippen LogP contribution is 2.11. The molecule has 0 aliphatic carbocycles. The van der Waals surface area contributed by atoms with Crippen molar-refractivity contribution in [2.75, 3.05) is 18.8 Å². The number of nitrogens with two attached hydrogens (primary N) is 2. The molecule has 0 unspecified atom stereocenters. The van der Waals surface area contributed by atoms with Crippen molar-refractivity contribution in [2.45, 2.75) is 13.8 Å². The van der Waals surface area contributed by atoms with Crippen LogP contribution in [0.25, 0.3) is 0 Å². The van der Waals surface area contributed by atoms with Crippen molar-refractivity contribution < 1.29 is 9.59 Å². The number of nitrogen functional groups attached to an aromatic ring is 1. The molecule has 0 aliphatic heterocycles. The molecule has 0 saturated carbocycles. The van der Waals surface area contributed by atoms with Gasteiger partial charge in [0.15, 0.2) is 0 Å². The number of anilines is 1. The fraction of sp³-hybridized carbons (Fsp3) is 0.500. The van der Waals surface area contributed by atoms with Crippen LogP contribution in [0.15, 0.2) is 6.20 Å². The van der Waals surface area contributed by atoms with E-state index in [9.17, 15) is 9.59 Å². The third-order valence-corrected chi connectivity index (χ3v) is 2.12. The van der Waals surface area contributed by atoms with Crippen LogP contribution in [0.1, 0.15) is 24.2 Å². The standard InChI is InChI=1S/C10H17N5O2/c1-6(2)4-15(5-8(11)16)10(17)7-3-13-14-9(7)12/h3,6H,4-5H2,1-2H3,(H2,11,16)(H3,12,13,14). The molecule has 0 atom stereocenters. The van der Waals surface area contributed by atoms with Crippen molar-refractivity contribution in [3.63, 3.8) is 0 Å². The van der Waals surface area contributed by atoms with Gasteiger partial charge in [0, 0.05) is 6.54 Å². The van der Waals surface area contributed by atoms with Gasteiger partial charge >= 0.3 is 0 Å². The second-order valence-electron chi connectivity index (χ2n) is 4.24. The number of rotatable bonds is 5. The average molecular weight is 239 g/mol. The van der Waals surface area contributed by atoms with Gasteiger partial charge in [-0.3, -0.25) is 14.7 Å². The molecular weight excluding hydrogens is 222 g/mol. The Balaban J connectivity index is 2.86. The fourth-order valence-electron chi connectivity index (χ4n) is 1.49. The SMILES string of the molecule is CC(C)CN(CC(N)=O)C(=O)c1cn[nH]c1N. The highest BCUT2D eigenvalue weighted by atomic mass is 16.2. The molecule has 1 aromatic rings. The van der Waals surface area contributed by atoms with Crippen molar-refractivity contribution in [3.05, 3.63) is 11.8 Å². The van der Waals surface area contributed by atoms with Crippen molar-refractivity contribution >= 4 is 17.6 Å². The number of aromatic amines is 1. The average Bonchev–Trinajstić information content (AvgIpc) is 2.61. The Morgan fingerprint density at radius 3 is 2.59 bits per heavy atom. The maximum atomic E-state index is 12.1. The zero-order valence-electron chi connectivity index (χ0n) is 9.93. The topological polar surface area (TPSA) is 118 Å². The Hall–Kier alpha value is -2.05. The number of carbonyl (C=O) groups is 2. The molecule has 2 amide bonds. The maximum Gasteiger partial charge on any atom is 0.259 e. The van der Waals surface area contributed by atoms with Crippen LogP contribution in [0, 0.1) is 5.92 Å². The molecule has 7 nitrogen and oxygen atoms in total. The summed E-state index contributed by atoms with van der Waals surface area (Å²) >= 11 is 0. The molecule has 5 N–H and O–H groups in total. The van der Waals surface area contributed by atoms with Crippen LogP contribution >= 0.6 is 0 Å². The number of aromatic nitrogens is 2. The highest BCUT2D eigenvalue weighted by Gasteiger charge is 2.21. The minimum atomic E-state index is -0.555. The monoisotopic (exact) mass is 239 g/mol. The van der Waals surface area contributed by atoms with Crippen molar-refractivity contribution in [1.82, 2.24) is 15.1 Å². The number of carbonyl (C=O) groups excluding carboxylic acids is 2. The Labute approximate surface area is 99.1 Å². The Morgan fingerprint density at radius 2 is 2.18 bits per heavy atom. The molecule has 0 aromatic carbocycles. The van der Waals surface area contributed by atoms with E-state index in [1.165, 1.54) is 11.1 Å². The van der Waals surface area contributed by atoms with E-state index in [0.717, 1.165) is 0 Å². The fourth-order valence-corrected chi connectivity index (χ4v) is 1.49. The Bertz CT molecular complexity index is 413. The van der Waals surface area contributed by atoms with E-state index in [1.54, 1.807) is 0 Å². The van der Waals surface area contributed by atoms with Gasteiger partial charge in [-0.05, 0) is 5.92 Å². The number of primary amides is 1. The Morgan fingerprint density at radius 1 is 1.53 bits per heavy atom. The lowest BCUT2D eigenvalue weighted by molar-refractivity contribution is -0.118. The predicted octanol–water partition coefficient (Wildman–Crippen LogP) is -0.425. The quantitative estimate of drug-likeness (QED) is 0.646. The molecule has 1 rings (SSSR count). The van der Waals surface area contributed by atoms with Gasteiger partial charge in [0.2, 0.25) is 5.91 Å². The molecule has 0 aliphatic rings. The minimum Gasteiger partial charge on any atom is -0.383 e. The summed E-state index contributed by atoms with van der Waals surface area (Å²) in [7, 11) is 0. The number of nitrogens with zero attached hydrogens (tertiary/aromatic N) is 2. The highest BCUT2D eigenvalue weighted by molar-refractivity contribution is 5.99. The molecule has 0 saturated heterocycles. The molecule has 0 radical (unpaired) electrons. The normalized spacial score (nSPS) is 10.5. The van der Waals surface area contributed by atoms with Crippen molar-refractivity contribution in [1.29, 1.82) is 0 Å². The van der Waals surface area contributed by atoms with Crippen molar-refractivity contribution in [3.8, 4) is 0 Å². The van der Waals surface area contributed by atoms with Gasteiger partial charge in [-0.2, -0.15) is 5.10 Å². The van der Waals surface area contributed by atoms with Crippen LogP contribution in [-0.4, -0.2) is 40.0 Å². The number of H-pyrrole nitrogens is 1. The van der Waals surface area contributed by atoms with Gasteiger partial charge in [-0.1, -0.05) is 13.8 Å². The lowest BCUT2D eigenvalue weighted by atomic mass is 10.2. The number of hydrogen-bond acceptors (Lipinski definition) is 4. The first-order valence-corrected chi connectivity index (χ1v) is 5.28. The molecule has 0 fully saturated rings. The summed E-state index contributed by atoms with van der Waals surface area (Å²) in [6.07, 6.45) is 1.34. The van der Waals surface area contributed by atoms with E-state index in [-0.39, 0.29) is 29.8 Å². The number of hydrogen-bond donors (Lipinski definition) is 3.